The summed E-state index contributed by atoms with van der Waals surface area (Å²) in [5.74, 6) is -1.14. The molecule has 1 aromatic heterocycles. The molecule has 0 spiro atoms. The van der Waals surface area contributed by atoms with E-state index < -0.39 is 5.97 Å². The molecule has 0 bridgehead atoms. The number of nitrogens with zero attached hydrogens (tertiary/aromatic N) is 3. The molecular formula is C19H22FN3O3. The summed E-state index contributed by atoms with van der Waals surface area (Å²) in [7, 11) is 0. The Morgan fingerprint density at radius 1 is 1.27 bits per heavy atom. The predicted molar refractivity (Wildman–Crippen MR) is 93.5 cm³/mol. The zero-order valence-electron chi connectivity index (χ0n) is 14.6. The van der Waals surface area contributed by atoms with Crippen LogP contribution in [0.3, 0.4) is 0 Å². The predicted octanol–water partition coefficient (Wildman–Crippen LogP) is 3.08. The maximum Gasteiger partial charge on any atom is 0.338 e. The van der Waals surface area contributed by atoms with E-state index >= 15 is 0 Å². The van der Waals surface area contributed by atoms with Gasteiger partial charge in [-0.3, -0.25) is 9.48 Å². The van der Waals surface area contributed by atoms with E-state index in [-0.39, 0.29) is 29.2 Å². The number of hydrogen-bond acceptors (Lipinski definition) is 3. The number of likely N-dealkylation sites (tertiary alicyclic amines) is 1. The van der Waals surface area contributed by atoms with E-state index in [4.69, 9.17) is 5.11 Å². The molecule has 1 aromatic carbocycles. The molecule has 6 nitrogen and oxygen atoms in total. The van der Waals surface area contributed by atoms with E-state index in [9.17, 15) is 14.0 Å². The molecule has 26 heavy (non-hydrogen) atoms. The Kier molecular flexibility index (Phi) is 5.35. The van der Waals surface area contributed by atoms with Crippen LogP contribution in [-0.2, 0) is 4.79 Å². The number of halogens is 1. The van der Waals surface area contributed by atoms with Gasteiger partial charge in [0.15, 0.2) is 0 Å². The topological polar surface area (TPSA) is 75.4 Å². The van der Waals surface area contributed by atoms with Gasteiger partial charge in [0.1, 0.15) is 5.82 Å². The fraction of sp³-hybridized carbons (Fsp3) is 0.421. The molecule has 0 aliphatic carbocycles. The van der Waals surface area contributed by atoms with Gasteiger partial charge in [-0.05, 0) is 36.5 Å². The number of aromatic carboxylic acids is 1. The smallest absolute Gasteiger partial charge is 0.338 e. The molecule has 1 saturated heterocycles. The molecule has 1 amide bonds. The minimum Gasteiger partial charge on any atom is -0.478 e. The van der Waals surface area contributed by atoms with Crippen LogP contribution in [0.25, 0.3) is 0 Å². The Morgan fingerprint density at radius 3 is 2.50 bits per heavy atom. The lowest BCUT2D eigenvalue weighted by Gasteiger charge is -2.32. The van der Waals surface area contributed by atoms with Gasteiger partial charge in [0.25, 0.3) is 0 Å². The molecule has 0 saturated carbocycles. The van der Waals surface area contributed by atoms with Gasteiger partial charge in [0.05, 0.1) is 17.8 Å². The maximum absolute atomic E-state index is 13.0. The molecule has 1 aliphatic rings. The molecule has 1 unspecified atom stereocenters. The summed E-state index contributed by atoms with van der Waals surface area (Å²) >= 11 is 0. The fourth-order valence-corrected chi connectivity index (χ4v) is 3.33. The van der Waals surface area contributed by atoms with E-state index in [2.05, 4.69) is 5.10 Å². The van der Waals surface area contributed by atoms with Gasteiger partial charge in [-0.25, -0.2) is 9.18 Å². The molecular weight excluding hydrogens is 337 g/mol. The summed E-state index contributed by atoms with van der Waals surface area (Å²) in [4.78, 5) is 25.3. The molecule has 1 N–H and O–H groups in total. The Bertz CT molecular complexity index is 780. The molecule has 1 atom stereocenters. The molecule has 1 fully saturated rings. The van der Waals surface area contributed by atoms with Crippen molar-refractivity contribution in [1.82, 2.24) is 14.7 Å². The Balaban J connectivity index is 1.53. The molecule has 7 heteroatoms. The number of carbonyl (C=O) groups excluding carboxylic acids is 1. The largest absolute Gasteiger partial charge is 0.478 e. The van der Waals surface area contributed by atoms with E-state index in [1.165, 1.54) is 18.3 Å². The van der Waals surface area contributed by atoms with E-state index in [0.717, 1.165) is 18.4 Å². The zero-order chi connectivity index (χ0) is 18.7. The van der Waals surface area contributed by atoms with Gasteiger partial charge in [0.2, 0.25) is 5.91 Å². The van der Waals surface area contributed by atoms with Crippen molar-refractivity contribution < 1.29 is 19.1 Å². The van der Waals surface area contributed by atoms with Crippen LogP contribution in [0.2, 0.25) is 0 Å². The molecule has 2 aromatic rings. The molecule has 0 radical (unpaired) electrons. The van der Waals surface area contributed by atoms with Gasteiger partial charge in [-0.2, -0.15) is 5.10 Å². The van der Waals surface area contributed by atoms with Crippen molar-refractivity contribution in [1.29, 1.82) is 0 Å². The number of rotatable bonds is 5. The van der Waals surface area contributed by atoms with Crippen molar-refractivity contribution in [3.63, 3.8) is 0 Å². The number of carboxylic acids is 1. The first kappa shape index (κ1) is 18.1. The molecule has 2 heterocycles. The average Bonchev–Trinajstić information content (AvgIpc) is 3.13. The first-order valence-electron chi connectivity index (χ1n) is 8.74. The second kappa shape index (κ2) is 7.68. The maximum atomic E-state index is 13.0. The van der Waals surface area contributed by atoms with Gasteiger partial charge in [-0.1, -0.05) is 19.1 Å². The monoisotopic (exact) mass is 359 g/mol. The second-order valence-corrected chi connectivity index (χ2v) is 6.78. The summed E-state index contributed by atoms with van der Waals surface area (Å²) in [6.45, 7) is 3.22. The summed E-state index contributed by atoms with van der Waals surface area (Å²) < 4.78 is 14.7. The van der Waals surface area contributed by atoms with Gasteiger partial charge in [-0.15, -0.1) is 0 Å². The lowest BCUT2D eigenvalue weighted by atomic mass is 9.96. The third-order valence-corrected chi connectivity index (χ3v) is 4.96. The van der Waals surface area contributed by atoms with Crippen molar-refractivity contribution in [2.45, 2.75) is 38.1 Å². The lowest BCUT2D eigenvalue weighted by Crippen LogP contribution is -2.39. The van der Waals surface area contributed by atoms with E-state index in [1.807, 2.05) is 11.8 Å². The van der Waals surface area contributed by atoms with Crippen LogP contribution < -0.4 is 0 Å². The highest BCUT2D eigenvalue weighted by molar-refractivity contribution is 5.86. The number of benzene rings is 1. The summed E-state index contributed by atoms with van der Waals surface area (Å²) in [6, 6.07) is 6.38. The van der Waals surface area contributed by atoms with Crippen LogP contribution in [0.15, 0.2) is 36.7 Å². The van der Waals surface area contributed by atoms with Crippen molar-refractivity contribution >= 4 is 11.9 Å². The standard InChI is InChI=1S/C19H22FN3O3/c1-13(14-2-4-16(20)5-3-14)10-18(24)22-8-6-17(7-9-22)23-12-15(11-21-23)19(25)26/h2-5,11-13,17H,6-10H2,1H3,(H,25,26). The fourth-order valence-electron chi connectivity index (χ4n) is 3.33. The van der Waals surface area contributed by atoms with Gasteiger partial charge >= 0.3 is 5.97 Å². The first-order chi connectivity index (χ1) is 12.4. The van der Waals surface area contributed by atoms with Gasteiger partial charge < -0.3 is 10.0 Å². The highest BCUT2D eigenvalue weighted by Crippen LogP contribution is 2.25. The highest BCUT2D eigenvalue weighted by Gasteiger charge is 2.25. The molecule has 3 rings (SSSR count). The second-order valence-electron chi connectivity index (χ2n) is 6.78. The summed E-state index contributed by atoms with van der Waals surface area (Å²) in [5.41, 5.74) is 1.13. The van der Waals surface area contributed by atoms with Crippen LogP contribution in [0, 0.1) is 5.82 Å². The van der Waals surface area contributed by atoms with Crippen molar-refractivity contribution in [3.8, 4) is 0 Å². The van der Waals surface area contributed by atoms with Crippen LogP contribution in [0.1, 0.15) is 54.1 Å². The minimum atomic E-state index is -0.987. The number of aromatic nitrogens is 2. The van der Waals surface area contributed by atoms with Crippen LogP contribution in [-0.4, -0.2) is 44.8 Å². The average molecular weight is 359 g/mol. The quantitative estimate of drug-likeness (QED) is 0.890. The Morgan fingerprint density at radius 2 is 1.92 bits per heavy atom. The highest BCUT2D eigenvalue weighted by atomic mass is 19.1. The number of amides is 1. The van der Waals surface area contributed by atoms with E-state index in [1.54, 1.807) is 23.0 Å². The van der Waals surface area contributed by atoms with Crippen LogP contribution in [0.5, 0.6) is 0 Å². The molecule has 1 aliphatic heterocycles. The van der Waals surface area contributed by atoms with Crippen molar-refractivity contribution in [3.05, 3.63) is 53.6 Å². The Hall–Kier alpha value is -2.70. The third kappa shape index (κ3) is 4.09. The number of piperidine rings is 1. The molecule has 138 valence electrons. The van der Waals surface area contributed by atoms with E-state index in [0.29, 0.717) is 19.5 Å². The number of carbonyl (C=O) groups is 2. The lowest BCUT2D eigenvalue weighted by molar-refractivity contribution is -0.132. The number of carboxylic acid groups (broad SMARTS) is 1. The summed E-state index contributed by atoms with van der Waals surface area (Å²) in [6.07, 6.45) is 4.78. The van der Waals surface area contributed by atoms with Crippen LogP contribution in [0.4, 0.5) is 4.39 Å². The third-order valence-electron chi connectivity index (χ3n) is 4.96. The zero-order valence-corrected chi connectivity index (χ0v) is 14.6. The SMILES string of the molecule is CC(CC(=O)N1CCC(n2cc(C(=O)O)cn2)CC1)c1ccc(F)cc1. The Labute approximate surface area is 151 Å². The van der Waals surface area contributed by atoms with Gasteiger partial charge in [0, 0.05) is 25.7 Å². The van der Waals surface area contributed by atoms with Crippen molar-refractivity contribution in [2.24, 2.45) is 0 Å². The normalized spacial score (nSPS) is 16.5. The summed E-state index contributed by atoms with van der Waals surface area (Å²) in [5, 5.41) is 13.1. The van der Waals surface area contributed by atoms with Crippen LogP contribution >= 0.6 is 0 Å². The first-order valence-corrected chi connectivity index (χ1v) is 8.74. The van der Waals surface area contributed by atoms with Crippen molar-refractivity contribution in [2.75, 3.05) is 13.1 Å². The minimum absolute atomic E-state index is 0.0325. The number of hydrogen-bond donors (Lipinski definition) is 1.